The third kappa shape index (κ3) is 3.42. The van der Waals surface area contributed by atoms with Crippen molar-refractivity contribution in [3.8, 4) is 5.75 Å². The molecule has 26 heavy (non-hydrogen) atoms. The molecule has 0 radical (unpaired) electrons. The maximum Gasteiger partial charge on any atom is 0.336 e. The van der Waals surface area contributed by atoms with Gasteiger partial charge in [-0.2, -0.15) is 0 Å². The molecule has 1 aliphatic rings. The summed E-state index contributed by atoms with van der Waals surface area (Å²) in [4.78, 5) is 36.6. The second-order valence-electron chi connectivity index (χ2n) is 6.37. The van der Waals surface area contributed by atoms with E-state index in [9.17, 15) is 19.5 Å². The third-order valence-electron chi connectivity index (χ3n) is 4.65. The Balaban J connectivity index is 1.81. The summed E-state index contributed by atoms with van der Waals surface area (Å²) in [7, 11) is 0. The summed E-state index contributed by atoms with van der Waals surface area (Å²) < 4.78 is 10.9. The van der Waals surface area contributed by atoms with Gasteiger partial charge in [-0.05, 0) is 43.9 Å². The molecule has 0 spiro atoms. The fourth-order valence-electron chi connectivity index (χ4n) is 3.34. The fraction of sp³-hybridized carbons (Fsp3) is 0.421. The first-order chi connectivity index (χ1) is 12.4. The lowest BCUT2D eigenvalue weighted by Gasteiger charge is -2.28. The summed E-state index contributed by atoms with van der Waals surface area (Å²) in [6.07, 6.45) is 0.838. The Morgan fingerprint density at radius 1 is 1.38 bits per heavy atom. The number of hydrogen-bond acceptors (Lipinski definition) is 6. The number of carbonyl (C=O) groups excluding carboxylic acids is 2. The molecule has 0 unspecified atom stereocenters. The van der Waals surface area contributed by atoms with E-state index in [1.165, 1.54) is 11.0 Å². The second kappa shape index (κ2) is 7.19. The molecule has 0 bridgehead atoms. The van der Waals surface area contributed by atoms with Gasteiger partial charge in [0.15, 0.2) is 6.10 Å². The van der Waals surface area contributed by atoms with Crippen molar-refractivity contribution in [2.75, 3.05) is 6.54 Å². The van der Waals surface area contributed by atoms with Gasteiger partial charge < -0.3 is 24.0 Å². The number of carbonyl (C=O) groups is 2. The summed E-state index contributed by atoms with van der Waals surface area (Å²) in [5.41, 5.74) is 0.825. The summed E-state index contributed by atoms with van der Waals surface area (Å²) in [5.74, 6) is -1.28. The van der Waals surface area contributed by atoms with Crippen LogP contribution in [0, 0.1) is 0 Å². The summed E-state index contributed by atoms with van der Waals surface area (Å²) in [6.45, 7) is 3.89. The average molecular weight is 358 g/mol. The summed E-state index contributed by atoms with van der Waals surface area (Å²) in [6, 6.07) is 5.60. The molecule has 1 saturated heterocycles. The van der Waals surface area contributed by atoms with Crippen molar-refractivity contribution >= 4 is 22.8 Å². The van der Waals surface area contributed by atoms with Gasteiger partial charge in [-0.15, -0.1) is 0 Å². The van der Waals surface area contributed by atoms with Gasteiger partial charge in [0.25, 0.3) is 5.91 Å². The Kier molecular flexibility index (Phi) is 4.97. The van der Waals surface area contributed by atoms with Crippen LogP contribution in [0.25, 0.3) is 11.0 Å². The zero-order valence-corrected chi connectivity index (χ0v) is 14.7. The summed E-state index contributed by atoms with van der Waals surface area (Å²) in [5, 5.41) is 12.0. The van der Waals surface area contributed by atoms with E-state index in [1.807, 2.05) is 6.92 Å². The first-order valence-corrected chi connectivity index (χ1v) is 8.65. The van der Waals surface area contributed by atoms with Crippen LogP contribution in [0.15, 0.2) is 33.5 Å². The summed E-state index contributed by atoms with van der Waals surface area (Å²) >= 11 is 0. The monoisotopic (exact) mass is 358 g/mol. The smallest absolute Gasteiger partial charge is 0.336 e. The first kappa shape index (κ1) is 18.0. The molecule has 3 rings (SSSR count). The largest absolute Gasteiger partial charge is 0.548 e. The lowest BCUT2D eigenvalue weighted by atomic mass is 10.1. The number of ether oxygens (including phenoxy) is 1. The molecule has 0 N–H and O–H groups in total. The van der Waals surface area contributed by atoms with Crippen LogP contribution in [0.1, 0.15) is 32.3 Å². The average Bonchev–Trinajstić information content (AvgIpc) is 3.09. The number of hydrogen-bond donors (Lipinski definition) is 0. The highest BCUT2D eigenvalue weighted by Gasteiger charge is 2.33. The van der Waals surface area contributed by atoms with E-state index in [0.29, 0.717) is 37.1 Å². The predicted octanol–water partition coefficient (Wildman–Crippen LogP) is 0.864. The van der Waals surface area contributed by atoms with E-state index in [-0.39, 0.29) is 0 Å². The van der Waals surface area contributed by atoms with Crippen molar-refractivity contribution in [3.63, 3.8) is 0 Å². The molecule has 1 aromatic carbocycles. The van der Waals surface area contributed by atoms with E-state index >= 15 is 0 Å². The number of fused-ring (bicyclic) bond motifs is 1. The van der Waals surface area contributed by atoms with Crippen molar-refractivity contribution in [2.45, 2.75) is 45.3 Å². The zero-order valence-electron chi connectivity index (χ0n) is 14.7. The van der Waals surface area contributed by atoms with Gasteiger partial charge in [0.2, 0.25) is 0 Å². The van der Waals surface area contributed by atoms with Gasteiger partial charge in [-0.1, -0.05) is 6.92 Å². The molecule has 2 atom stereocenters. The number of aryl methyl sites for hydroxylation is 1. The van der Waals surface area contributed by atoms with Crippen molar-refractivity contribution < 1.29 is 23.8 Å². The highest BCUT2D eigenvalue weighted by atomic mass is 16.5. The number of likely N-dealkylation sites (tertiary alicyclic amines) is 1. The molecular formula is C19H20NO6-. The Morgan fingerprint density at radius 3 is 2.85 bits per heavy atom. The van der Waals surface area contributed by atoms with Crippen LogP contribution in [0.4, 0.5) is 0 Å². The van der Waals surface area contributed by atoms with Crippen LogP contribution in [0.3, 0.4) is 0 Å². The molecule has 1 aromatic heterocycles. The number of nitrogens with zero attached hydrogens (tertiary/aromatic N) is 1. The van der Waals surface area contributed by atoms with Gasteiger partial charge in [0, 0.05) is 24.1 Å². The SMILES string of the molecule is CCc1cc(=O)oc2cc(O[C@@H](C)C(=O)N3CCC[C@H]3C(=O)[O-])ccc12. The molecule has 138 valence electrons. The molecule has 0 aliphatic carbocycles. The number of benzene rings is 1. The molecule has 2 heterocycles. The van der Waals surface area contributed by atoms with Gasteiger partial charge in [-0.3, -0.25) is 4.79 Å². The van der Waals surface area contributed by atoms with E-state index in [0.717, 1.165) is 10.9 Å². The number of rotatable bonds is 5. The minimum Gasteiger partial charge on any atom is -0.548 e. The molecular weight excluding hydrogens is 338 g/mol. The van der Waals surface area contributed by atoms with Crippen LogP contribution in [0.5, 0.6) is 5.75 Å². The first-order valence-electron chi connectivity index (χ1n) is 8.65. The quantitative estimate of drug-likeness (QED) is 0.735. The number of aliphatic carboxylic acids is 1. The van der Waals surface area contributed by atoms with E-state index in [1.54, 1.807) is 25.1 Å². The molecule has 1 amide bonds. The topological polar surface area (TPSA) is 99.9 Å². The van der Waals surface area contributed by atoms with Gasteiger partial charge in [0.1, 0.15) is 11.3 Å². The lowest BCUT2D eigenvalue weighted by Crippen LogP contribution is -2.50. The maximum absolute atomic E-state index is 12.5. The zero-order chi connectivity index (χ0) is 18.8. The Labute approximate surface area is 150 Å². The normalized spacial score (nSPS) is 18.1. The van der Waals surface area contributed by atoms with E-state index in [4.69, 9.17) is 9.15 Å². The molecule has 7 nitrogen and oxygen atoms in total. The number of carboxylic acid groups (broad SMARTS) is 1. The Hall–Kier alpha value is -2.83. The predicted molar refractivity (Wildman–Crippen MR) is 91.7 cm³/mol. The van der Waals surface area contributed by atoms with Crippen LogP contribution < -0.4 is 15.5 Å². The second-order valence-corrected chi connectivity index (χ2v) is 6.37. The standard InChI is InChI=1S/C19H21NO6/c1-3-12-9-17(21)26-16-10-13(6-7-14(12)16)25-11(2)18(22)20-8-4-5-15(20)19(23)24/h6-7,9-11,15H,3-5,8H2,1-2H3,(H,23,24)/p-1/t11-,15-/m0/s1. The van der Waals surface area contributed by atoms with E-state index in [2.05, 4.69) is 0 Å². The van der Waals surface area contributed by atoms with Crippen molar-refractivity contribution in [3.05, 3.63) is 40.2 Å². The highest BCUT2D eigenvalue weighted by molar-refractivity contribution is 5.86. The molecule has 2 aromatic rings. The van der Waals surface area contributed by atoms with Crippen LogP contribution in [0.2, 0.25) is 0 Å². The van der Waals surface area contributed by atoms with Crippen LogP contribution >= 0.6 is 0 Å². The number of amides is 1. The van der Waals surface area contributed by atoms with Gasteiger partial charge in [-0.25, -0.2) is 4.79 Å². The molecule has 0 saturated carbocycles. The molecule has 1 aliphatic heterocycles. The van der Waals surface area contributed by atoms with Crippen molar-refractivity contribution in [2.24, 2.45) is 0 Å². The Bertz CT molecular complexity index is 903. The van der Waals surface area contributed by atoms with Gasteiger partial charge >= 0.3 is 5.63 Å². The molecule has 1 fully saturated rings. The minimum atomic E-state index is -1.25. The third-order valence-corrected chi connectivity index (χ3v) is 4.65. The minimum absolute atomic E-state index is 0.373. The molecule has 7 heteroatoms. The van der Waals surface area contributed by atoms with Crippen molar-refractivity contribution in [1.29, 1.82) is 0 Å². The number of carboxylic acids is 1. The Morgan fingerprint density at radius 2 is 2.15 bits per heavy atom. The fourth-order valence-corrected chi connectivity index (χ4v) is 3.34. The van der Waals surface area contributed by atoms with Gasteiger partial charge in [0.05, 0.1) is 12.0 Å². The lowest BCUT2D eigenvalue weighted by molar-refractivity contribution is -0.310. The van der Waals surface area contributed by atoms with Crippen LogP contribution in [-0.2, 0) is 16.0 Å². The highest BCUT2D eigenvalue weighted by Crippen LogP contribution is 2.25. The van der Waals surface area contributed by atoms with E-state index < -0.39 is 29.6 Å². The van der Waals surface area contributed by atoms with Crippen LogP contribution in [-0.4, -0.2) is 35.5 Å². The maximum atomic E-state index is 12.5. The van der Waals surface area contributed by atoms with Crippen molar-refractivity contribution in [1.82, 2.24) is 4.90 Å².